The molecule has 122 valence electrons. The molecule has 0 amide bonds. The molecule has 0 fully saturated rings. The molecule has 0 spiro atoms. The minimum atomic E-state index is -3.97. The fraction of sp³-hybridized carbons (Fsp3) is 0.143. The lowest BCUT2D eigenvalue weighted by Crippen LogP contribution is -2.28. The van der Waals surface area contributed by atoms with Crippen molar-refractivity contribution < 1.29 is 18.1 Å². The number of benzene rings is 2. The third-order valence-corrected chi connectivity index (χ3v) is 4.76. The van der Waals surface area contributed by atoms with Gasteiger partial charge in [0.2, 0.25) is 10.0 Å². The van der Waals surface area contributed by atoms with E-state index in [0.29, 0.717) is 5.75 Å². The Morgan fingerprint density at radius 2 is 1.87 bits per heavy atom. The van der Waals surface area contributed by atoms with Crippen LogP contribution < -0.4 is 9.46 Å². The van der Waals surface area contributed by atoms with Crippen LogP contribution in [0, 0.1) is 10.1 Å². The van der Waals surface area contributed by atoms with Gasteiger partial charge in [-0.25, -0.2) is 13.1 Å². The molecule has 0 atom stereocenters. The molecule has 0 aromatic heterocycles. The van der Waals surface area contributed by atoms with Crippen molar-refractivity contribution in [2.75, 3.05) is 13.2 Å². The Hall–Kier alpha value is -2.16. The van der Waals surface area contributed by atoms with Crippen molar-refractivity contribution in [1.82, 2.24) is 4.72 Å². The molecule has 2 aromatic carbocycles. The lowest BCUT2D eigenvalue weighted by molar-refractivity contribution is -0.385. The van der Waals surface area contributed by atoms with E-state index in [1.54, 1.807) is 24.3 Å². The first-order valence-corrected chi connectivity index (χ1v) is 8.38. The molecule has 0 aliphatic rings. The van der Waals surface area contributed by atoms with E-state index in [4.69, 9.17) is 16.3 Å². The minimum Gasteiger partial charge on any atom is -0.492 e. The fourth-order valence-corrected chi connectivity index (χ4v) is 3.28. The van der Waals surface area contributed by atoms with Gasteiger partial charge in [-0.05, 0) is 18.2 Å². The number of para-hydroxylation sites is 1. The summed E-state index contributed by atoms with van der Waals surface area (Å²) in [5.74, 6) is 0.611. The van der Waals surface area contributed by atoms with Gasteiger partial charge in [0.05, 0.1) is 9.95 Å². The summed E-state index contributed by atoms with van der Waals surface area (Å²) in [5.41, 5.74) is -0.352. The lowest BCUT2D eigenvalue weighted by atomic mass is 10.3. The molecule has 0 bridgehead atoms. The van der Waals surface area contributed by atoms with E-state index >= 15 is 0 Å². The van der Waals surface area contributed by atoms with Crippen molar-refractivity contribution in [3.05, 3.63) is 63.7 Å². The second kappa shape index (κ2) is 7.40. The number of non-ortho nitro benzene ring substituents is 1. The van der Waals surface area contributed by atoms with Gasteiger partial charge in [-0.3, -0.25) is 10.1 Å². The molecule has 23 heavy (non-hydrogen) atoms. The first kappa shape index (κ1) is 17.2. The molecule has 0 heterocycles. The van der Waals surface area contributed by atoms with E-state index in [2.05, 4.69) is 4.72 Å². The minimum absolute atomic E-state index is 0.00372. The van der Waals surface area contributed by atoms with Gasteiger partial charge in [0.25, 0.3) is 5.69 Å². The fourth-order valence-electron chi connectivity index (χ4n) is 1.75. The van der Waals surface area contributed by atoms with E-state index in [9.17, 15) is 18.5 Å². The van der Waals surface area contributed by atoms with Crippen LogP contribution in [-0.4, -0.2) is 26.5 Å². The van der Waals surface area contributed by atoms with Crippen LogP contribution >= 0.6 is 11.6 Å². The standard InChI is InChI=1S/C14H13ClN2O5S/c15-13-7-6-11(17(18)19)10-14(13)23(20,21)16-8-9-22-12-4-2-1-3-5-12/h1-7,10,16H,8-9H2. The van der Waals surface area contributed by atoms with E-state index in [-0.39, 0.29) is 28.8 Å². The predicted molar refractivity (Wildman–Crippen MR) is 85.2 cm³/mol. The van der Waals surface area contributed by atoms with Crippen LogP contribution in [0.4, 0.5) is 5.69 Å². The summed E-state index contributed by atoms with van der Waals surface area (Å²) in [5, 5.41) is 10.6. The number of hydrogen-bond acceptors (Lipinski definition) is 5. The van der Waals surface area contributed by atoms with E-state index in [1.165, 1.54) is 6.07 Å². The largest absolute Gasteiger partial charge is 0.492 e. The molecular formula is C14H13ClN2O5S. The van der Waals surface area contributed by atoms with Gasteiger partial charge in [0, 0.05) is 18.7 Å². The van der Waals surface area contributed by atoms with Gasteiger partial charge in [0.1, 0.15) is 17.3 Å². The number of nitro benzene ring substituents is 1. The molecule has 1 N–H and O–H groups in total. The second-order valence-corrected chi connectivity index (χ2v) is 6.57. The third-order valence-electron chi connectivity index (χ3n) is 2.82. The Kier molecular flexibility index (Phi) is 5.54. The van der Waals surface area contributed by atoms with E-state index in [0.717, 1.165) is 12.1 Å². The first-order valence-electron chi connectivity index (χ1n) is 6.51. The summed E-state index contributed by atoms with van der Waals surface area (Å²) in [7, 11) is -3.97. The Morgan fingerprint density at radius 3 is 2.52 bits per heavy atom. The van der Waals surface area contributed by atoms with Crippen LogP contribution in [0.15, 0.2) is 53.4 Å². The number of hydrogen-bond donors (Lipinski definition) is 1. The Balaban J connectivity index is 2.01. The lowest BCUT2D eigenvalue weighted by Gasteiger charge is -2.09. The maximum absolute atomic E-state index is 12.2. The summed E-state index contributed by atoms with van der Waals surface area (Å²) in [6, 6.07) is 12.1. The second-order valence-electron chi connectivity index (χ2n) is 4.43. The van der Waals surface area contributed by atoms with E-state index in [1.807, 2.05) is 6.07 Å². The van der Waals surface area contributed by atoms with Crippen LogP contribution in [0.2, 0.25) is 5.02 Å². The summed E-state index contributed by atoms with van der Waals surface area (Å²) >= 11 is 5.82. The average molecular weight is 357 g/mol. The number of ether oxygens (including phenoxy) is 1. The van der Waals surface area contributed by atoms with Crippen molar-refractivity contribution in [2.24, 2.45) is 0 Å². The molecule has 2 rings (SSSR count). The molecule has 0 saturated heterocycles. The maximum atomic E-state index is 12.2. The smallest absolute Gasteiger partial charge is 0.270 e. The number of sulfonamides is 1. The van der Waals surface area contributed by atoms with Crippen LogP contribution in [0.3, 0.4) is 0 Å². The topological polar surface area (TPSA) is 98.5 Å². The highest BCUT2D eigenvalue weighted by Gasteiger charge is 2.21. The van der Waals surface area contributed by atoms with Crippen molar-refractivity contribution in [3.8, 4) is 5.75 Å². The molecule has 9 heteroatoms. The predicted octanol–water partition coefficient (Wildman–Crippen LogP) is 2.61. The van der Waals surface area contributed by atoms with Gasteiger partial charge in [0.15, 0.2) is 0 Å². The van der Waals surface area contributed by atoms with Crippen LogP contribution in [0.25, 0.3) is 0 Å². The Morgan fingerprint density at radius 1 is 1.17 bits per heavy atom. The number of rotatable bonds is 7. The van der Waals surface area contributed by atoms with Crippen LogP contribution in [-0.2, 0) is 10.0 Å². The van der Waals surface area contributed by atoms with Gasteiger partial charge in [-0.15, -0.1) is 0 Å². The summed E-state index contributed by atoms with van der Waals surface area (Å²) in [4.78, 5) is 9.71. The van der Waals surface area contributed by atoms with Crippen molar-refractivity contribution >= 4 is 27.3 Å². The van der Waals surface area contributed by atoms with E-state index < -0.39 is 14.9 Å². The third kappa shape index (κ3) is 4.65. The van der Waals surface area contributed by atoms with Gasteiger partial charge < -0.3 is 4.74 Å². The zero-order chi connectivity index (χ0) is 16.9. The average Bonchev–Trinajstić information content (AvgIpc) is 2.52. The highest BCUT2D eigenvalue weighted by molar-refractivity contribution is 7.89. The number of nitrogens with zero attached hydrogens (tertiary/aromatic N) is 1. The van der Waals surface area contributed by atoms with Crippen molar-refractivity contribution in [3.63, 3.8) is 0 Å². The van der Waals surface area contributed by atoms with Crippen LogP contribution in [0.5, 0.6) is 5.75 Å². The highest BCUT2D eigenvalue weighted by atomic mass is 35.5. The molecule has 0 saturated carbocycles. The molecule has 7 nitrogen and oxygen atoms in total. The Labute approximate surface area is 138 Å². The monoisotopic (exact) mass is 356 g/mol. The maximum Gasteiger partial charge on any atom is 0.270 e. The normalized spacial score (nSPS) is 11.2. The number of halogens is 1. The number of nitrogens with one attached hydrogen (secondary N) is 1. The quantitative estimate of drug-likeness (QED) is 0.467. The van der Waals surface area contributed by atoms with Gasteiger partial charge in [-0.2, -0.15) is 0 Å². The zero-order valence-electron chi connectivity index (χ0n) is 11.8. The molecular weight excluding hydrogens is 344 g/mol. The summed E-state index contributed by atoms with van der Waals surface area (Å²) < 4.78 is 32.0. The summed E-state index contributed by atoms with van der Waals surface area (Å²) in [6.45, 7) is 0.103. The summed E-state index contributed by atoms with van der Waals surface area (Å²) in [6.07, 6.45) is 0. The SMILES string of the molecule is O=[N+]([O-])c1ccc(Cl)c(S(=O)(=O)NCCOc2ccccc2)c1. The van der Waals surface area contributed by atoms with Gasteiger partial charge >= 0.3 is 0 Å². The number of nitro groups is 1. The molecule has 0 aliphatic heterocycles. The van der Waals surface area contributed by atoms with Crippen LogP contribution in [0.1, 0.15) is 0 Å². The van der Waals surface area contributed by atoms with Gasteiger partial charge in [-0.1, -0.05) is 29.8 Å². The zero-order valence-corrected chi connectivity index (χ0v) is 13.4. The molecule has 0 unspecified atom stereocenters. The molecule has 0 radical (unpaired) electrons. The first-order chi connectivity index (χ1) is 10.9. The highest BCUT2D eigenvalue weighted by Crippen LogP contribution is 2.25. The Bertz CT molecular complexity index is 796. The molecule has 0 aliphatic carbocycles. The molecule has 2 aromatic rings. The van der Waals surface area contributed by atoms with Crippen molar-refractivity contribution in [2.45, 2.75) is 4.90 Å². The van der Waals surface area contributed by atoms with Crippen molar-refractivity contribution in [1.29, 1.82) is 0 Å².